The number of hydrogen-bond acceptors (Lipinski definition) is 3. The molecule has 0 radical (unpaired) electrons. The first-order valence-corrected chi connectivity index (χ1v) is 9.17. The maximum Gasteiger partial charge on any atom is 0.0954 e. The van der Waals surface area contributed by atoms with E-state index in [2.05, 4.69) is 43.6 Å². The molecule has 2 aromatic rings. The Morgan fingerprint density at radius 1 is 1.10 bits per heavy atom. The maximum atomic E-state index is 4.75. The van der Waals surface area contributed by atoms with Crippen molar-refractivity contribution in [1.29, 1.82) is 0 Å². The Kier molecular flexibility index (Phi) is 7.17. The number of aromatic nitrogens is 1. The molecule has 0 aliphatic heterocycles. The molecule has 1 aromatic carbocycles. The van der Waals surface area contributed by atoms with Crippen molar-refractivity contribution in [2.75, 3.05) is 7.05 Å². The minimum Gasteiger partial charge on any atom is -0.317 e. The summed E-state index contributed by atoms with van der Waals surface area (Å²) in [5, 5.41) is 4.73. The number of fused-ring (bicyclic) bond motifs is 1. The van der Waals surface area contributed by atoms with Crippen molar-refractivity contribution < 1.29 is 0 Å². The fourth-order valence-corrected chi connectivity index (χ4v) is 3.78. The molecule has 1 unspecified atom stereocenters. The molecule has 116 valence electrons. The van der Waals surface area contributed by atoms with Gasteiger partial charge in [0.05, 0.1) is 15.2 Å². The molecule has 1 heterocycles. The topological polar surface area (TPSA) is 24.9 Å². The van der Waals surface area contributed by atoms with E-state index in [-0.39, 0.29) is 0 Å². The van der Waals surface area contributed by atoms with E-state index in [9.17, 15) is 0 Å². The molecule has 1 atom stereocenters. The van der Waals surface area contributed by atoms with Gasteiger partial charge in [-0.05, 0) is 25.6 Å². The number of unbranched alkanes of at least 4 members (excludes halogenated alkanes) is 5. The average molecular weight is 305 g/mol. The molecule has 21 heavy (non-hydrogen) atoms. The highest BCUT2D eigenvalue weighted by atomic mass is 32.1. The average Bonchev–Trinajstić information content (AvgIpc) is 2.91. The zero-order chi connectivity index (χ0) is 14.9. The lowest BCUT2D eigenvalue weighted by Crippen LogP contribution is -2.27. The van der Waals surface area contributed by atoms with Crippen LogP contribution in [0.4, 0.5) is 0 Å². The summed E-state index contributed by atoms with van der Waals surface area (Å²) in [5.41, 5.74) is 1.15. The summed E-state index contributed by atoms with van der Waals surface area (Å²) in [6, 6.07) is 9.00. The van der Waals surface area contributed by atoms with Crippen LogP contribution in [0, 0.1) is 0 Å². The van der Waals surface area contributed by atoms with E-state index in [0.29, 0.717) is 6.04 Å². The molecule has 1 N–H and O–H groups in total. The van der Waals surface area contributed by atoms with Crippen molar-refractivity contribution in [3.05, 3.63) is 29.3 Å². The summed E-state index contributed by atoms with van der Waals surface area (Å²) in [6.45, 7) is 2.27. The second kappa shape index (κ2) is 9.16. The van der Waals surface area contributed by atoms with Crippen molar-refractivity contribution in [3.63, 3.8) is 0 Å². The molecule has 0 saturated heterocycles. The van der Waals surface area contributed by atoms with Gasteiger partial charge in [-0.25, -0.2) is 4.98 Å². The zero-order valence-corrected chi connectivity index (χ0v) is 14.2. The predicted octanol–water partition coefficient (Wildman–Crippen LogP) is 5.18. The standard InChI is InChI=1S/C18H28N2S/c1-3-4-5-6-7-8-11-15(19-2)14-18-20-16-12-9-10-13-17(16)21-18/h9-10,12-13,15,19H,3-8,11,14H2,1-2H3. The van der Waals surface area contributed by atoms with Gasteiger partial charge < -0.3 is 5.32 Å². The number of likely N-dealkylation sites (N-methyl/N-ethyl adjacent to an activating group) is 1. The number of rotatable bonds is 10. The van der Waals surface area contributed by atoms with E-state index in [1.54, 1.807) is 0 Å². The summed E-state index contributed by atoms with van der Waals surface area (Å²) < 4.78 is 1.31. The maximum absolute atomic E-state index is 4.75. The quantitative estimate of drug-likeness (QED) is 0.612. The van der Waals surface area contributed by atoms with E-state index in [1.807, 2.05) is 11.3 Å². The van der Waals surface area contributed by atoms with Crippen LogP contribution in [0.5, 0.6) is 0 Å². The van der Waals surface area contributed by atoms with Crippen LogP contribution in [0.1, 0.15) is 56.9 Å². The van der Waals surface area contributed by atoms with Crippen LogP contribution in [-0.2, 0) is 6.42 Å². The Morgan fingerprint density at radius 2 is 1.86 bits per heavy atom. The molecule has 0 spiro atoms. The van der Waals surface area contributed by atoms with Crippen molar-refractivity contribution >= 4 is 21.6 Å². The van der Waals surface area contributed by atoms with Crippen LogP contribution in [0.3, 0.4) is 0 Å². The molecular weight excluding hydrogens is 276 g/mol. The van der Waals surface area contributed by atoms with Crippen molar-refractivity contribution in [2.45, 2.75) is 64.3 Å². The minimum atomic E-state index is 0.566. The Labute approximate surface area is 133 Å². The summed E-state index contributed by atoms with van der Waals surface area (Å²) in [7, 11) is 2.08. The second-order valence-corrected chi connectivity index (χ2v) is 6.94. The van der Waals surface area contributed by atoms with Gasteiger partial charge in [-0.3, -0.25) is 0 Å². The fourth-order valence-electron chi connectivity index (χ4n) is 2.74. The van der Waals surface area contributed by atoms with Crippen LogP contribution in [0.2, 0.25) is 0 Å². The lowest BCUT2D eigenvalue weighted by molar-refractivity contribution is 0.479. The SMILES string of the molecule is CCCCCCCCC(Cc1nc2ccccc2s1)NC. The van der Waals surface area contributed by atoms with Gasteiger partial charge in [0, 0.05) is 12.5 Å². The van der Waals surface area contributed by atoms with Crippen LogP contribution in [-0.4, -0.2) is 18.1 Å². The summed E-state index contributed by atoms with van der Waals surface area (Å²) in [5.74, 6) is 0. The zero-order valence-electron chi connectivity index (χ0n) is 13.4. The molecule has 2 rings (SSSR count). The third kappa shape index (κ3) is 5.40. The first-order chi connectivity index (χ1) is 10.3. The highest BCUT2D eigenvalue weighted by molar-refractivity contribution is 7.18. The third-order valence-electron chi connectivity index (χ3n) is 4.07. The number of para-hydroxylation sites is 1. The highest BCUT2D eigenvalue weighted by Crippen LogP contribution is 2.23. The van der Waals surface area contributed by atoms with Crippen LogP contribution >= 0.6 is 11.3 Å². The van der Waals surface area contributed by atoms with Gasteiger partial charge in [0.1, 0.15) is 0 Å². The van der Waals surface area contributed by atoms with Gasteiger partial charge in [0.15, 0.2) is 0 Å². The van der Waals surface area contributed by atoms with Crippen LogP contribution in [0.15, 0.2) is 24.3 Å². The summed E-state index contributed by atoms with van der Waals surface area (Å²) in [4.78, 5) is 4.75. The van der Waals surface area contributed by atoms with Gasteiger partial charge in [0.25, 0.3) is 0 Å². The van der Waals surface area contributed by atoms with Crippen LogP contribution in [0.25, 0.3) is 10.2 Å². The van der Waals surface area contributed by atoms with Crippen molar-refractivity contribution in [3.8, 4) is 0 Å². The molecule has 2 nitrogen and oxygen atoms in total. The fraction of sp³-hybridized carbons (Fsp3) is 0.611. The third-order valence-corrected chi connectivity index (χ3v) is 5.13. The number of nitrogens with one attached hydrogen (secondary N) is 1. The van der Waals surface area contributed by atoms with Gasteiger partial charge in [-0.1, -0.05) is 57.6 Å². The molecule has 0 fully saturated rings. The van der Waals surface area contributed by atoms with E-state index < -0.39 is 0 Å². The van der Waals surface area contributed by atoms with Gasteiger partial charge in [0.2, 0.25) is 0 Å². The summed E-state index contributed by atoms with van der Waals surface area (Å²) in [6.07, 6.45) is 10.5. The van der Waals surface area contributed by atoms with Crippen molar-refractivity contribution in [1.82, 2.24) is 10.3 Å². The Morgan fingerprint density at radius 3 is 2.62 bits per heavy atom. The monoisotopic (exact) mass is 304 g/mol. The smallest absolute Gasteiger partial charge is 0.0954 e. The molecule has 0 aliphatic rings. The number of hydrogen-bond donors (Lipinski definition) is 1. The van der Waals surface area contributed by atoms with E-state index in [1.165, 1.54) is 54.7 Å². The lowest BCUT2D eigenvalue weighted by atomic mass is 10.0. The Bertz CT molecular complexity index is 488. The predicted molar refractivity (Wildman–Crippen MR) is 94.2 cm³/mol. The Balaban J connectivity index is 1.76. The molecule has 0 aliphatic carbocycles. The van der Waals surface area contributed by atoms with E-state index >= 15 is 0 Å². The second-order valence-electron chi connectivity index (χ2n) is 5.82. The summed E-state index contributed by atoms with van der Waals surface area (Å²) >= 11 is 1.84. The van der Waals surface area contributed by atoms with Gasteiger partial charge in [-0.15, -0.1) is 11.3 Å². The molecule has 0 saturated carbocycles. The minimum absolute atomic E-state index is 0.566. The van der Waals surface area contributed by atoms with Gasteiger partial charge >= 0.3 is 0 Å². The Hall–Kier alpha value is -0.930. The number of benzene rings is 1. The first-order valence-electron chi connectivity index (χ1n) is 8.35. The highest BCUT2D eigenvalue weighted by Gasteiger charge is 2.10. The van der Waals surface area contributed by atoms with E-state index in [4.69, 9.17) is 4.98 Å². The number of nitrogens with zero attached hydrogens (tertiary/aromatic N) is 1. The normalized spacial score (nSPS) is 12.9. The lowest BCUT2D eigenvalue weighted by Gasteiger charge is -2.14. The van der Waals surface area contributed by atoms with E-state index in [0.717, 1.165) is 11.9 Å². The van der Waals surface area contributed by atoms with Crippen molar-refractivity contribution in [2.24, 2.45) is 0 Å². The molecular formula is C18H28N2S. The molecule has 1 aromatic heterocycles. The number of thiazole rings is 1. The van der Waals surface area contributed by atoms with Gasteiger partial charge in [-0.2, -0.15) is 0 Å². The van der Waals surface area contributed by atoms with Crippen LogP contribution < -0.4 is 5.32 Å². The first kappa shape index (κ1) is 16.4. The largest absolute Gasteiger partial charge is 0.317 e. The molecule has 0 bridgehead atoms. The molecule has 0 amide bonds. The molecule has 3 heteroatoms.